The second-order valence-corrected chi connectivity index (χ2v) is 7.42. The van der Waals surface area contributed by atoms with E-state index < -0.39 is 9.05 Å². The molecule has 2 aromatic carbocycles. The molecule has 2 rings (SSSR count). The van der Waals surface area contributed by atoms with Gasteiger partial charge in [0.25, 0.3) is 9.05 Å². The van der Waals surface area contributed by atoms with Crippen molar-refractivity contribution in [3.8, 4) is 11.5 Å². The van der Waals surface area contributed by atoms with Crippen LogP contribution in [0.15, 0.2) is 41.3 Å². The Kier molecular flexibility index (Phi) is 4.49. The van der Waals surface area contributed by atoms with Crippen LogP contribution in [0.4, 0.5) is 0 Å². The van der Waals surface area contributed by atoms with Gasteiger partial charge in [0, 0.05) is 15.7 Å². The number of hydrogen-bond donors (Lipinski definition) is 0. The quantitative estimate of drug-likeness (QED) is 0.729. The largest absolute Gasteiger partial charge is 0.456 e. The summed E-state index contributed by atoms with van der Waals surface area (Å²) >= 11 is 11.9. The van der Waals surface area contributed by atoms with Crippen LogP contribution in [0.5, 0.6) is 11.5 Å². The minimum Gasteiger partial charge on any atom is -0.456 e. The van der Waals surface area contributed by atoms with E-state index in [2.05, 4.69) is 0 Å². The molecule has 0 atom stereocenters. The van der Waals surface area contributed by atoms with Crippen molar-refractivity contribution in [1.82, 2.24) is 0 Å². The molecule has 3 nitrogen and oxygen atoms in total. The summed E-state index contributed by atoms with van der Waals surface area (Å²) in [6, 6.07) is 9.16. The first kappa shape index (κ1) is 15.4. The lowest BCUT2D eigenvalue weighted by Gasteiger charge is -2.09. The third-order valence-electron chi connectivity index (χ3n) is 2.54. The van der Waals surface area contributed by atoms with E-state index in [4.69, 9.17) is 38.6 Å². The molecule has 0 saturated carbocycles. The van der Waals surface area contributed by atoms with Crippen molar-refractivity contribution >= 4 is 42.9 Å². The van der Waals surface area contributed by atoms with Crippen LogP contribution in [0.3, 0.4) is 0 Å². The minimum absolute atomic E-state index is 0.0798. The van der Waals surface area contributed by atoms with Crippen LogP contribution in [0, 0.1) is 6.92 Å². The summed E-state index contributed by atoms with van der Waals surface area (Å²) in [6.45, 7) is 1.85. The van der Waals surface area contributed by atoms with Gasteiger partial charge < -0.3 is 4.74 Å². The fourth-order valence-corrected chi connectivity index (χ4v) is 2.70. The van der Waals surface area contributed by atoms with Crippen molar-refractivity contribution in [2.24, 2.45) is 0 Å². The van der Waals surface area contributed by atoms with Gasteiger partial charge in [-0.1, -0.05) is 23.2 Å². The van der Waals surface area contributed by atoms with Gasteiger partial charge in [-0.15, -0.1) is 0 Å². The van der Waals surface area contributed by atoms with Gasteiger partial charge in [-0.2, -0.15) is 0 Å². The van der Waals surface area contributed by atoms with Crippen molar-refractivity contribution in [3.63, 3.8) is 0 Å². The van der Waals surface area contributed by atoms with Crippen LogP contribution in [0.1, 0.15) is 5.56 Å². The van der Waals surface area contributed by atoms with Crippen molar-refractivity contribution in [1.29, 1.82) is 0 Å². The first-order chi connectivity index (χ1) is 9.27. The molecule has 106 valence electrons. The van der Waals surface area contributed by atoms with Crippen LogP contribution < -0.4 is 4.74 Å². The summed E-state index contributed by atoms with van der Waals surface area (Å²) in [4.78, 5) is -0.0798. The number of rotatable bonds is 3. The maximum atomic E-state index is 11.2. The van der Waals surface area contributed by atoms with Gasteiger partial charge in [0.2, 0.25) is 0 Å². The lowest BCUT2D eigenvalue weighted by atomic mass is 10.2. The number of ether oxygens (including phenoxy) is 1. The van der Waals surface area contributed by atoms with Gasteiger partial charge in [-0.05, 0) is 48.9 Å². The summed E-state index contributed by atoms with van der Waals surface area (Å²) in [7, 11) is 1.43. The minimum atomic E-state index is -3.81. The highest BCUT2D eigenvalue weighted by Gasteiger charge is 2.13. The zero-order valence-corrected chi connectivity index (χ0v) is 13.3. The van der Waals surface area contributed by atoms with Crippen LogP contribution >= 0.6 is 33.9 Å². The molecule has 0 heterocycles. The van der Waals surface area contributed by atoms with E-state index >= 15 is 0 Å². The highest BCUT2D eigenvalue weighted by Crippen LogP contribution is 2.33. The summed E-state index contributed by atoms with van der Waals surface area (Å²) in [5, 5.41) is 0.784. The molecule has 0 amide bonds. The van der Waals surface area contributed by atoms with E-state index in [9.17, 15) is 8.42 Å². The van der Waals surface area contributed by atoms with Gasteiger partial charge in [0.1, 0.15) is 11.5 Å². The Labute approximate surface area is 131 Å². The third kappa shape index (κ3) is 3.58. The molecule has 0 aliphatic heterocycles. The normalized spacial score (nSPS) is 11.4. The maximum absolute atomic E-state index is 11.2. The lowest BCUT2D eigenvalue weighted by Crippen LogP contribution is -1.92. The molecule has 0 radical (unpaired) electrons. The third-order valence-corrected chi connectivity index (χ3v) is 4.61. The van der Waals surface area contributed by atoms with Crippen LogP contribution in [-0.2, 0) is 9.05 Å². The molecule has 0 aromatic heterocycles. The predicted octanol–water partition coefficient (Wildman–Crippen LogP) is 5.02. The zero-order chi connectivity index (χ0) is 14.9. The summed E-state index contributed by atoms with van der Waals surface area (Å²) < 4.78 is 28.0. The summed E-state index contributed by atoms with van der Waals surface area (Å²) in [5.41, 5.74) is 0.861. The van der Waals surface area contributed by atoms with E-state index in [-0.39, 0.29) is 9.92 Å². The fourth-order valence-electron chi connectivity index (χ4n) is 1.52. The molecule has 7 heteroatoms. The van der Waals surface area contributed by atoms with Crippen LogP contribution in [0.2, 0.25) is 10.0 Å². The average molecular weight is 352 g/mol. The Balaban J connectivity index is 2.32. The number of benzene rings is 2. The summed E-state index contributed by atoms with van der Waals surface area (Å²) in [6.07, 6.45) is 0. The van der Waals surface area contributed by atoms with Crippen molar-refractivity contribution in [2.75, 3.05) is 0 Å². The molecule has 0 aliphatic carbocycles. The number of aryl methyl sites for hydroxylation is 1. The Bertz CT molecular complexity index is 757. The first-order valence-corrected chi connectivity index (χ1v) is 8.52. The highest BCUT2D eigenvalue weighted by atomic mass is 35.7. The number of halogens is 3. The van der Waals surface area contributed by atoms with E-state index in [0.717, 1.165) is 5.56 Å². The molecule has 0 bridgehead atoms. The van der Waals surface area contributed by atoms with Crippen molar-refractivity contribution in [3.05, 3.63) is 52.0 Å². The molecule has 20 heavy (non-hydrogen) atoms. The second kappa shape index (κ2) is 5.82. The molecule has 0 unspecified atom stereocenters. The van der Waals surface area contributed by atoms with Gasteiger partial charge in [-0.3, -0.25) is 0 Å². The van der Waals surface area contributed by atoms with Crippen LogP contribution in [-0.4, -0.2) is 8.42 Å². The molecule has 0 N–H and O–H groups in total. The lowest BCUT2D eigenvalue weighted by molar-refractivity contribution is 0.482. The SMILES string of the molecule is Cc1cc(Oc2ccc(S(=O)(=O)Cl)cc2Cl)ccc1Cl. The van der Waals surface area contributed by atoms with Crippen molar-refractivity contribution in [2.45, 2.75) is 11.8 Å². The molecule has 0 saturated heterocycles. The van der Waals surface area contributed by atoms with Gasteiger partial charge >= 0.3 is 0 Å². The number of hydrogen-bond acceptors (Lipinski definition) is 3. The smallest absolute Gasteiger partial charge is 0.261 e. The highest BCUT2D eigenvalue weighted by molar-refractivity contribution is 8.13. The zero-order valence-electron chi connectivity index (χ0n) is 10.2. The summed E-state index contributed by atoms with van der Waals surface area (Å²) in [5.74, 6) is 0.882. The van der Waals surface area contributed by atoms with E-state index in [1.165, 1.54) is 18.2 Å². The Morgan fingerprint density at radius 1 is 1.00 bits per heavy atom. The topological polar surface area (TPSA) is 43.4 Å². The van der Waals surface area contributed by atoms with Gasteiger partial charge in [0.05, 0.1) is 9.92 Å². The van der Waals surface area contributed by atoms with Crippen LogP contribution in [0.25, 0.3) is 0 Å². The van der Waals surface area contributed by atoms with Gasteiger partial charge in [-0.25, -0.2) is 8.42 Å². The Hall–Kier alpha value is -0.940. The van der Waals surface area contributed by atoms with E-state index in [0.29, 0.717) is 16.5 Å². The first-order valence-electron chi connectivity index (χ1n) is 5.45. The van der Waals surface area contributed by atoms with Gasteiger partial charge in [0.15, 0.2) is 0 Å². The van der Waals surface area contributed by atoms with E-state index in [1.807, 2.05) is 6.92 Å². The average Bonchev–Trinajstić information content (AvgIpc) is 2.35. The molecule has 0 aliphatic rings. The van der Waals surface area contributed by atoms with E-state index in [1.54, 1.807) is 18.2 Å². The fraction of sp³-hybridized carbons (Fsp3) is 0.0769. The molecular weight excluding hydrogens is 343 g/mol. The van der Waals surface area contributed by atoms with Crippen molar-refractivity contribution < 1.29 is 13.2 Å². The molecule has 2 aromatic rings. The molecular formula is C13H9Cl3O3S. The molecule has 0 spiro atoms. The monoisotopic (exact) mass is 350 g/mol. The maximum Gasteiger partial charge on any atom is 0.261 e. The molecule has 0 fully saturated rings. The Morgan fingerprint density at radius 2 is 1.70 bits per heavy atom. The standard InChI is InChI=1S/C13H9Cl3O3S/c1-8-6-9(2-4-11(8)14)19-13-5-3-10(7-12(13)15)20(16,17)18/h2-7H,1H3. The predicted molar refractivity (Wildman–Crippen MR) is 80.8 cm³/mol. The Morgan fingerprint density at radius 3 is 2.25 bits per heavy atom. The second-order valence-electron chi connectivity index (χ2n) is 4.04.